The first-order valence-corrected chi connectivity index (χ1v) is 5.16. The number of hydrogen-bond acceptors (Lipinski definition) is 3. The number of nitrogens with zero attached hydrogens (tertiary/aromatic N) is 3. The molecule has 2 aromatic heterocycles. The molecule has 2 aromatic rings. The van der Waals surface area contributed by atoms with Crippen LogP contribution in [0.25, 0.3) is 5.65 Å². The number of carboxylic acid groups (broad SMARTS) is 1. The molecular weight excluding hydrogens is 206 g/mol. The Bertz CT molecular complexity index is 533. The van der Waals surface area contributed by atoms with Crippen molar-refractivity contribution in [2.24, 2.45) is 0 Å². The lowest BCUT2D eigenvalue weighted by atomic mass is 10.0. The molecule has 2 heterocycles. The Morgan fingerprint density at radius 3 is 2.94 bits per heavy atom. The van der Waals surface area contributed by atoms with E-state index in [-0.39, 0.29) is 0 Å². The van der Waals surface area contributed by atoms with Gasteiger partial charge >= 0.3 is 5.97 Å². The van der Waals surface area contributed by atoms with Crippen LogP contribution in [0.4, 0.5) is 0 Å². The summed E-state index contributed by atoms with van der Waals surface area (Å²) in [5, 5.41) is 13.2. The molecule has 1 unspecified atom stereocenters. The third-order valence-electron chi connectivity index (χ3n) is 2.61. The summed E-state index contributed by atoms with van der Waals surface area (Å²) in [5.41, 5.74) is 2.37. The van der Waals surface area contributed by atoms with E-state index < -0.39 is 11.9 Å². The summed E-state index contributed by atoms with van der Waals surface area (Å²) in [4.78, 5) is 15.2. The van der Waals surface area contributed by atoms with Crippen molar-refractivity contribution >= 4 is 11.6 Å². The van der Waals surface area contributed by atoms with Crippen LogP contribution in [0, 0.1) is 6.92 Å². The molecule has 0 aromatic carbocycles. The quantitative estimate of drug-likeness (QED) is 0.851. The first-order valence-electron chi connectivity index (χ1n) is 5.16. The van der Waals surface area contributed by atoms with Crippen molar-refractivity contribution in [3.05, 3.63) is 29.7 Å². The number of carbonyl (C=O) groups is 1. The third kappa shape index (κ3) is 1.64. The van der Waals surface area contributed by atoms with Gasteiger partial charge in [-0.3, -0.25) is 4.79 Å². The second-order valence-electron chi connectivity index (χ2n) is 3.79. The number of carboxylic acids is 1. The Balaban J connectivity index is 2.65. The number of fused-ring (bicyclic) bond motifs is 1. The highest BCUT2D eigenvalue weighted by Gasteiger charge is 2.21. The molecule has 84 valence electrons. The van der Waals surface area contributed by atoms with Crippen LogP contribution in [0.2, 0.25) is 0 Å². The molecule has 1 N–H and O–H groups in total. The SMILES string of the molecule is CCC(C(=O)O)c1cc(C)cc2ncnn12. The van der Waals surface area contributed by atoms with Crippen molar-refractivity contribution in [1.82, 2.24) is 14.6 Å². The molecule has 5 heteroatoms. The summed E-state index contributed by atoms with van der Waals surface area (Å²) in [5.74, 6) is -1.37. The predicted molar refractivity (Wildman–Crippen MR) is 58.4 cm³/mol. The summed E-state index contributed by atoms with van der Waals surface area (Å²) >= 11 is 0. The Morgan fingerprint density at radius 2 is 2.31 bits per heavy atom. The minimum atomic E-state index is -0.829. The lowest BCUT2D eigenvalue weighted by molar-refractivity contribution is -0.139. The van der Waals surface area contributed by atoms with Crippen LogP contribution in [0.1, 0.15) is 30.5 Å². The van der Waals surface area contributed by atoms with Gasteiger partial charge in [-0.1, -0.05) is 6.92 Å². The Hall–Kier alpha value is -1.91. The summed E-state index contributed by atoms with van der Waals surface area (Å²) in [6.07, 6.45) is 1.97. The van der Waals surface area contributed by atoms with E-state index in [1.165, 1.54) is 6.33 Å². The normalized spacial score (nSPS) is 12.9. The van der Waals surface area contributed by atoms with E-state index in [0.29, 0.717) is 17.8 Å². The number of aryl methyl sites for hydroxylation is 1. The van der Waals surface area contributed by atoms with E-state index in [1.54, 1.807) is 4.52 Å². The average Bonchev–Trinajstić information content (AvgIpc) is 2.65. The van der Waals surface area contributed by atoms with Gasteiger partial charge < -0.3 is 5.11 Å². The van der Waals surface area contributed by atoms with Crippen LogP contribution >= 0.6 is 0 Å². The van der Waals surface area contributed by atoms with Crippen molar-refractivity contribution in [3.8, 4) is 0 Å². The van der Waals surface area contributed by atoms with Crippen molar-refractivity contribution in [1.29, 1.82) is 0 Å². The lowest BCUT2D eigenvalue weighted by Gasteiger charge is -2.12. The fourth-order valence-corrected chi connectivity index (χ4v) is 1.85. The van der Waals surface area contributed by atoms with Gasteiger partial charge in [-0.2, -0.15) is 5.10 Å². The molecule has 0 aliphatic heterocycles. The molecule has 0 radical (unpaired) electrons. The van der Waals surface area contributed by atoms with Gasteiger partial charge in [-0.25, -0.2) is 9.50 Å². The maximum absolute atomic E-state index is 11.1. The number of hydrogen-bond donors (Lipinski definition) is 1. The van der Waals surface area contributed by atoms with Crippen molar-refractivity contribution < 1.29 is 9.90 Å². The second-order valence-corrected chi connectivity index (χ2v) is 3.79. The van der Waals surface area contributed by atoms with E-state index in [9.17, 15) is 4.79 Å². The van der Waals surface area contributed by atoms with Crippen molar-refractivity contribution in [2.45, 2.75) is 26.2 Å². The molecule has 0 aliphatic rings. The zero-order chi connectivity index (χ0) is 11.7. The molecule has 0 saturated heterocycles. The molecular formula is C11H13N3O2. The highest BCUT2D eigenvalue weighted by Crippen LogP contribution is 2.21. The van der Waals surface area contributed by atoms with Gasteiger partial charge in [-0.05, 0) is 31.0 Å². The van der Waals surface area contributed by atoms with Gasteiger partial charge in [-0.15, -0.1) is 0 Å². The van der Waals surface area contributed by atoms with Crippen LogP contribution in [0.3, 0.4) is 0 Å². The molecule has 0 fully saturated rings. The Labute approximate surface area is 92.7 Å². The van der Waals surface area contributed by atoms with Gasteiger partial charge in [0.15, 0.2) is 5.65 Å². The van der Waals surface area contributed by atoms with Gasteiger partial charge in [0.1, 0.15) is 6.33 Å². The molecule has 0 bridgehead atoms. The Morgan fingerprint density at radius 1 is 1.56 bits per heavy atom. The summed E-state index contributed by atoms with van der Waals surface area (Å²) in [7, 11) is 0. The molecule has 0 spiro atoms. The minimum absolute atomic E-state index is 0.535. The van der Waals surface area contributed by atoms with Gasteiger partial charge in [0.05, 0.1) is 11.6 Å². The Kier molecular flexibility index (Phi) is 2.60. The predicted octanol–water partition coefficient (Wildman–Crippen LogP) is 1.62. The van der Waals surface area contributed by atoms with E-state index >= 15 is 0 Å². The van der Waals surface area contributed by atoms with E-state index in [2.05, 4.69) is 10.1 Å². The summed E-state index contributed by atoms with van der Waals surface area (Å²) < 4.78 is 1.59. The monoisotopic (exact) mass is 219 g/mol. The van der Waals surface area contributed by atoms with Crippen molar-refractivity contribution in [3.63, 3.8) is 0 Å². The number of rotatable bonds is 3. The van der Waals surface area contributed by atoms with Gasteiger partial charge in [0, 0.05) is 0 Å². The first kappa shape index (κ1) is 10.6. The van der Waals surface area contributed by atoms with E-state index in [1.807, 2.05) is 26.0 Å². The van der Waals surface area contributed by atoms with Crippen molar-refractivity contribution in [2.75, 3.05) is 0 Å². The summed E-state index contributed by atoms with van der Waals surface area (Å²) in [6, 6.07) is 3.73. The molecule has 2 rings (SSSR count). The molecule has 16 heavy (non-hydrogen) atoms. The zero-order valence-electron chi connectivity index (χ0n) is 9.21. The van der Waals surface area contributed by atoms with E-state index in [4.69, 9.17) is 5.11 Å². The van der Waals surface area contributed by atoms with Crippen LogP contribution in [-0.4, -0.2) is 25.7 Å². The molecule has 0 aliphatic carbocycles. The highest BCUT2D eigenvalue weighted by atomic mass is 16.4. The fourth-order valence-electron chi connectivity index (χ4n) is 1.85. The lowest BCUT2D eigenvalue weighted by Crippen LogP contribution is -2.15. The molecule has 5 nitrogen and oxygen atoms in total. The highest BCUT2D eigenvalue weighted by molar-refractivity contribution is 5.75. The van der Waals surface area contributed by atoms with E-state index in [0.717, 1.165) is 5.56 Å². The number of aliphatic carboxylic acids is 1. The van der Waals surface area contributed by atoms with Gasteiger partial charge in [0.25, 0.3) is 0 Å². The van der Waals surface area contributed by atoms with Crippen LogP contribution in [-0.2, 0) is 4.79 Å². The standard InChI is InChI=1S/C11H13N3O2/c1-3-8(11(15)16)9-4-7(2)5-10-12-6-13-14(9)10/h4-6,8H,3H2,1-2H3,(H,15,16). The average molecular weight is 219 g/mol. The molecule has 0 saturated carbocycles. The maximum atomic E-state index is 11.1. The van der Waals surface area contributed by atoms with Crippen LogP contribution in [0.5, 0.6) is 0 Å². The number of aromatic nitrogens is 3. The maximum Gasteiger partial charge on any atom is 0.312 e. The number of pyridine rings is 1. The molecule has 1 atom stereocenters. The zero-order valence-corrected chi connectivity index (χ0v) is 9.21. The third-order valence-corrected chi connectivity index (χ3v) is 2.61. The fraction of sp³-hybridized carbons (Fsp3) is 0.364. The minimum Gasteiger partial charge on any atom is -0.481 e. The largest absolute Gasteiger partial charge is 0.481 e. The summed E-state index contributed by atoms with van der Waals surface area (Å²) in [6.45, 7) is 3.77. The first-order chi connectivity index (χ1) is 7.63. The topological polar surface area (TPSA) is 67.5 Å². The second kappa shape index (κ2) is 3.92. The van der Waals surface area contributed by atoms with Crippen LogP contribution in [0.15, 0.2) is 18.5 Å². The molecule has 0 amide bonds. The van der Waals surface area contributed by atoms with Crippen LogP contribution < -0.4 is 0 Å². The smallest absolute Gasteiger partial charge is 0.312 e. The van der Waals surface area contributed by atoms with Gasteiger partial charge in [0.2, 0.25) is 0 Å².